The van der Waals surface area contributed by atoms with Crippen molar-refractivity contribution in [2.45, 2.75) is 30.7 Å². The average molecular weight is 434 g/mol. The molecule has 2 aromatic carbocycles. The van der Waals surface area contributed by atoms with E-state index in [1.165, 1.54) is 31.4 Å². The number of phenolic OH excluding ortho intramolecular Hbond substituents is 2. The number of aliphatic hydroxyl groups excluding tert-OH is 4. The molecule has 0 saturated carbocycles. The molecule has 0 aliphatic carbocycles. The summed E-state index contributed by atoms with van der Waals surface area (Å²) in [6.07, 6.45) is -7.22. The quantitative estimate of drug-likeness (QED) is 0.337. The molecule has 0 amide bonds. The Morgan fingerprint density at radius 1 is 0.935 bits per heavy atom. The SMILES string of the molecule is COc1cc2cc(-c3cc(O)cc(OC4OC(CO)C(O)C(O)C4O)c3)oc2cc1O. The average Bonchev–Trinajstić information content (AvgIpc) is 3.16. The lowest BCUT2D eigenvalue weighted by atomic mass is 9.99. The molecule has 0 bridgehead atoms. The lowest BCUT2D eigenvalue weighted by molar-refractivity contribution is -0.277. The maximum atomic E-state index is 10.2. The van der Waals surface area contributed by atoms with Crippen LogP contribution in [-0.2, 0) is 4.74 Å². The zero-order chi connectivity index (χ0) is 22.3. The molecule has 0 radical (unpaired) electrons. The molecule has 10 nitrogen and oxygen atoms in total. The number of benzene rings is 2. The van der Waals surface area contributed by atoms with Crippen molar-refractivity contribution in [3.63, 3.8) is 0 Å². The molecule has 6 N–H and O–H groups in total. The predicted octanol–water partition coefficient (Wildman–Crippen LogP) is 0.698. The summed E-state index contributed by atoms with van der Waals surface area (Å²) in [5.41, 5.74) is 0.822. The van der Waals surface area contributed by atoms with Crippen LogP contribution in [0.25, 0.3) is 22.3 Å². The second kappa shape index (κ2) is 8.25. The highest BCUT2D eigenvalue weighted by atomic mass is 16.7. The van der Waals surface area contributed by atoms with Crippen LogP contribution in [0.3, 0.4) is 0 Å². The number of aliphatic hydroxyl groups is 4. The van der Waals surface area contributed by atoms with E-state index in [2.05, 4.69) is 0 Å². The summed E-state index contributed by atoms with van der Waals surface area (Å²) in [7, 11) is 1.43. The second-order valence-corrected chi connectivity index (χ2v) is 7.20. The van der Waals surface area contributed by atoms with Gasteiger partial charge in [0.25, 0.3) is 0 Å². The van der Waals surface area contributed by atoms with E-state index in [0.717, 1.165) is 0 Å². The molecular formula is C21H22O10. The minimum Gasteiger partial charge on any atom is -0.508 e. The molecule has 31 heavy (non-hydrogen) atoms. The third-order valence-corrected chi connectivity index (χ3v) is 5.09. The van der Waals surface area contributed by atoms with Crippen LogP contribution in [0.5, 0.6) is 23.0 Å². The molecule has 0 spiro atoms. The van der Waals surface area contributed by atoms with Crippen LogP contribution in [0.15, 0.2) is 40.8 Å². The molecule has 1 saturated heterocycles. The molecule has 166 valence electrons. The third-order valence-electron chi connectivity index (χ3n) is 5.09. The van der Waals surface area contributed by atoms with Gasteiger partial charge in [0.15, 0.2) is 11.5 Å². The van der Waals surface area contributed by atoms with Gasteiger partial charge in [-0.2, -0.15) is 0 Å². The number of furan rings is 1. The topological polar surface area (TPSA) is 162 Å². The Hall–Kier alpha value is -3.02. The first kappa shape index (κ1) is 21.2. The van der Waals surface area contributed by atoms with Crippen LogP contribution in [0.2, 0.25) is 0 Å². The monoisotopic (exact) mass is 434 g/mol. The second-order valence-electron chi connectivity index (χ2n) is 7.20. The van der Waals surface area contributed by atoms with E-state index in [1.807, 2.05) is 0 Å². The highest BCUT2D eigenvalue weighted by Crippen LogP contribution is 2.38. The van der Waals surface area contributed by atoms with Crippen molar-refractivity contribution in [3.05, 3.63) is 36.4 Å². The number of rotatable bonds is 5. The minimum absolute atomic E-state index is 0.0835. The molecule has 1 aliphatic heterocycles. The molecule has 2 heterocycles. The zero-order valence-electron chi connectivity index (χ0n) is 16.4. The fourth-order valence-electron chi connectivity index (χ4n) is 3.45. The van der Waals surface area contributed by atoms with Gasteiger partial charge in [-0.15, -0.1) is 0 Å². The van der Waals surface area contributed by atoms with E-state index in [4.69, 9.17) is 18.6 Å². The van der Waals surface area contributed by atoms with Crippen LogP contribution < -0.4 is 9.47 Å². The van der Waals surface area contributed by atoms with Crippen molar-refractivity contribution in [2.75, 3.05) is 13.7 Å². The standard InChI is InChI=1S/C21H22O10/c1-28-16-5-10-4-14(30-15(10)7-13(16)24)9-2-11(23)6-12(3-9)29-21-20(27)19(26)18(25)17(8-22)31-21/h2-7,17-27H,8H2,1H3. The van der Waals surface area contributed by atoms with E-state index in [1.54, 1.807) is 12.1 Å². The van der Waals surface area contributed by atoms with Crippen LogP contribution in [-0.4, -0.2) is 75.1 Å². The van der Waals surface area contributed by atoms with Gasteiger partial charge in [-0.3, -0.25) is 0 Å². The molecule has 5 atom stereocenters. The van der Waals surface area contributed by atoms with Gasteiger partial charge < -0.3 is 49.3 Å². The summed E-state index contributed by atoms with van der Waals surface area (Å²) in [4.78, 5) is 0. The van der Waals surface area contributed by atoms with Crippen molar-refractivity contribution >= 4 is 11.0 Å². The lowest BCUT2D eigenvalue weighted by Gasteiger charge is -2.39. The maximum absolute atomic E-state index is 10.2. The van der Waals surface area contributed by atoms with Crippen molar-refractivity contribution in [3.8, 4) is 34.3 Å². The van der Waals surface area contributed by atoms with Gasteiger partial charge in [0, 0.05) is 23.1 Å². The van der Waals surface area contributed by atoms with Crippen molar-refractivity contribution in [1.29, 1.82) is 0 Å². The minimum atomic E-state index is -1.59. The van der Waals surface area contributed by atoms with Crippen LogP contribution in [0, 0.1) is 0 Å². The Morgan fingerprint density at radius 3 is 2.42 bits per heavy atom. The first-order valence-corrected chi connectivity index (χ1v) is 9.43. The Balaban J connectivity index is 1.64. The molecule has 10 heteroatoms. The normalized spacial score (nSPS) is 26.2. The van der Waals surface area contributed by atoms with Crippen molar-refractivity contribution < 1.29 is 49.3 Å². The molecule has 4 rings (SSSR count). The number of hydrogen-bond acceptors (Lipinski definition) is 10. The molecule has 3 aromatic rings. The number of ether oxygens (including phenoxy) is 3. The summed E-state index contributed by atoms with van der Waals surface area (Å²) in [5, 5.41) is 60.0. The number of fused-ring (bicyclic) bond motifs is 1. The van der Waals surface area contributed by atoms with Gasteiger partial charge in [-0.1, -0.05) is 0 Å². The smallest absolute Gasteiger partial charge is 0.229 e. The van der Waals surface area contributed by atoms with E-state index >= 15 is 0 Å². The zero-order valence-corrected chi connectivity index (χ0v) is 16.4. The fourth-order valence-corrected chi connectivity index (χ4v) is 3.45. The van der Waals surface area contributed by atoms with Gasteiger partial charge in [0.1, 0.15) is 47.3 Å². The summed E-state index contributed by atoms with van der Waals surface area (Å²) < 4.78 is 21.7. The number of aromatic hydroxyl groups is 2. The lowest BCUT2D eigenvalue weighted by Crippen LogP contribution is -2.60. The number of phenols is 2. The van der Waals surface area contributed by atoms with Gasteiger partial charge in [0.2, 0.25) is 6.29 Å². The highest BCUT2D eigenvalue weighted by molar-refractivity contribution is 5.86. The first-order chi connectivity index (χ1) is 14.8. The van der Waals surface area contributed by atoms with Gasteiger partial charge in [-0.05, 0) is 24.3 Å². The van der Waals surface area contributed by atoms with Crippen LogP contribution >= 0.6 is 0 Å². The molecule has 1 fully saturated rings. The summed E-state index contributed by atoms with van der Waals surface area (Å²) in [6, 6.07) is 8.90. The summed E-state index contributed by atoms with van der Waals surface area (Å²) >= 11 is 0. The molecule has 1 aliphatic rings. The van der Waals surface area contributed by atoms with E-state index in [9.17, 15) is 30.6 Å². The van der Waals surface area contributed by atoms with E-state index in [-0.39, 0.29) is 23.0 Å². The Kier molecular flexibility index (Phi) is 5.65. The van der Waals surface area contributed by atoms with Crippen LogP contribution in [0.1, 0.15) is 0 Å². The van der Waals surface area contributed by atoms with Crippen LogP contribution in [0.4, 0.5) is 0 Å². The third kappa shape index (κ3) is 3.99. The van der Waals surface area contributed by atoms with Crippen molar-refractivity contribution in [2.24, 2.45) is 0 Å². The first-order valence-electron chi connectivity index (χ1n) is 9.43. The molecular weight excluding hydrogens is 412 g/mol. The van der Waals surface area contributed by atoms with Gasteiger partial charge in [-0.25, -0.2) is 0 Å². The van der Waals surface area contributed by atoms with E-state index < -0.39 is 37.3 Å². The largest absolute Gasteiger partial charge is 0.508 e. The van der Waals surface area contributed by atoms with Crippen molar-refractivity contribution in [1.82, 2.24) is 0 Å². The Morgan fingerprint density at radius 2 is 1.71 bits per heavy atom. The predicted molar refractivity (Wildman–Crippen MR) is 106 cm³/mol. The number of hydrogen-bond donors (Lipinski definition) is 6. The van der Waals surface area contributed by atoms with Gasteiger partial charge >= 0.3 is 0 Å². The Bertz CT molecular complexity index is 1080. The highest BCUT2D eigenvalue weighted by Gasteiger charge is 2.44. The molecule has 5 unspecified atom stereocenters. The fraction of sp³-hybridized carbons (Fsp3) is 0.333. The summed E-state index contributed by atoms with van der Waals surface area (Å²) in [6.45, 7) is -0.592. The maximum Gasteiger partial charge on any atom is 0.229 e. The number of methoxy groups -OCH3 is 1. The molecule has 1 aromatic heterocycles. The van der Waals surface area contributed by atoms with E-state index in [0.29, 0.717) is 22.3 Å². The summed E-state index contributed by atoms with van der Waals surface area (Å²) in [5.74, 6) is 0.469. The van der Waals surface area contributed by atoms with Gasteiger partial charge in [0.05, 0.1) is 13.7 Å². The Labute approximate surface area is 176 Å².